The molecule has 0 aliphatic carbocycles. The number of carbonyl (C=O) groups is 2. The van der Waals surface area contributed by atoms with Crippen molar-refractivity contribution in [2.75, 3.05) is 6.61 Å². The Bertz CT molecular complexity index is 626. The summed E-state index contributed by atoms with van der Waals surface area (Å²) in [6.07, 6.45) is 11.0. The van der Waals surface area contributed by atoms with Crippen LogP contribution in [0.25, 0.3) is 0 Å². The smallest absolute Gasteiger partial charge is 0.306 e. The number of hydrogen-bond donors (Lipinski definition) is 0. The Morgan fingerprint density at radius 2 is 1.23 bits per heavy atom. The van der Waals surface area contributed by atoms with Crippen LogP contribution in [0.4, 0.5) is 0 Å². The van der Waals surface area contributed by atoms with E-state index in [1.807, 2.05) is 0 Å². The SMILES string of the molecule is CCCCCCOC(=O)CCCCCCCCC(=O)OCc1c(Cl)cc(Cl)cc1Cl. The van der Waals surface area contributed by atoms with E-state index in [1.165, 1.54) is 12.8 Å². The lowest BCUT2D eigenvalue weighted by atomic mass is 10.1. The first kappa shape index (κ1) is 27.1. The zero-order valence-corrected chi connectivity index (χ0v) is 20.1. The quantitative estimate of drug-likeness (QED) is 0.178. The largest absolute Gasteiger partial charge is 0.466 e. The molecule has 0 fully saturated rings. The number of benzene rings is 1. The maximum absolute atomic E-state index is 11.9. The number of esters is 2. The van der Waals surface area contributed by atoms with Gasteiger partial charge in [0, 0.05) is 23.4 Å². The molecule has 0 amide bonds. The van der Waals surface area contributed by atoms with E-state index in [0.717, 1.165) is 51.4 Å². The summed E-state index contributed by atoms with van der Waals surface area (Å²) in [7, 11) is 0. The number of unbranched alkanes of at least 4 members (excludes halogenated alkanes) is 8. The van der Waals surface area contributed by atoms with Gasteiger partial charge < -0.3 is 9.47 Å². The van der Waals surface area contributed by atoms with Gasteiger partial charge in [-0.25, -0.2) is 0 Å². The van der Waals surface area contributed by atoms with Gasteiger partial charge in [0.25, 0.3) is 0 Å². The summed E-state index contributed by atoms with van der Waals surface area (Å²) in [4.78, 5) is 23.5. The monoisotopic (exact) mass is 478 g/mol. The van der Waals surface area contributed by atoms with Crippen molar-refractivity contribution in [3.8, 4) is 0 Å². The van der Waals surface area contributed by atoms with E-state index in [4.69, 9.17) is 44.3 Å². The zero-order valence-electron chi connectivity index (χ0n) is 17.8. The molecule has 0 unspecified atom stereocenters. The van der Waals surface area contributed by atoms with E-state index in [1.54, 1.807) is 12.1 Å². The van der Waals surface area contributed by atoms with Crippen LogP contribution in [0.2, 0.25) is 15.1 Å². The van der Waals surface area contributed by atoms with Gasteiger partial charge in [-0.3, -0.25) is 9.59 Å². The topological polar surface area (TPSA) is 52.6 Å². The maximum Gasteiger partial charge on any atom is 0.306 e. The Balaban J connectivity index is 1.99. The van der Waals surface area contributed by atoms with Gasteiger partial charge >= 0.3 is 11.9 Å². The molecule has 0 saturated carbocycles. The maximum atomic E-state index is 11.9. The van der Waals surface area contributed by atoms with Gasteiger partial charge in [-0.1, -0.05) is 86.7 Å². The molecule has 0 aliphatic rings. The second-order valence-corrected chi connectivity index (χ2v) is 8.66. The molecule has 170 valence electrons. The van der Waals surface area contributed by atoms with Crippen molar-refractivity contribution in [1.29, 1.82) is 0 Å². The first-order valence-corrected chi connectivity index (χ1v) is 12.0. The van der Waals surface area contributed by atoms with Crippen LogP contribution in [-0.4, -0.2) is 18.5 Å². The summed E-state index contributed by atoms with van der Waals surface area (Å²) in [5, 5.41) is 1.22. The predicted octanol–water partition coefficient (Wildman–Crippen LogP) is 7.93. The van der Waals surface area contributed by atoms with Gasteiger partial charge in [0.1, 0.15) is 6.61 Å². The van der Waals surface area contributed by atoms with Crippen molar-refractivity contribution in [3.05, 3.63) is 32.8 Å². The zero-order chi connectivity index (χ0) is 22.2. The van der Waals surface area contributed by atoms with Crippen LogP contribution in [0.3, 0.4) is 0 Å². The summed E-state index contributed by atoms with van der Waals surface area (Å²) >= 11 is 18.0. The highest BCUT2D eigenvalue weighted by atomic mass is 35.5. The summed E-state index contributed by atoms with van der Waals surface area (Å²) in [5.41, 5.74) is 0.565. The summed E-state index contributed by atoms with van der Waals surface area (Å²) in [6, 6.07) is 3.15. The van der Waals surface area contributed by atoms with Gasteiger partial charge in [0.2, 0.25) is 0 Å². The minimum absolute atomic E-state index is 0.0440. The first-order chi connectivity index (χ1) is 14.4. The average molecular weight is 480 g/mol. The summed E-state index contributed by atoms with van der Waals surface area (Å²) < 4.78 is 10.5. The molecule has 1 aromatic rings. The Kier molecular flexibility index (Phi) is 15.1. The van der Waals surface area contributed by atoms with E-state index >= 15 is 0 Å². The third-order valence-electron chi connectivity index (χ3n) is 4.76. The molecule has 0 N–H and O–H groups in total. The molecule has 0 spiro atoms. The number of hydrogen-bond acceptors (Lipinski definition) is 4. The predicted molar refractivity (Wildman–Crippen MR) is 123 cm³/mol. The van der Waals surface area contributed by atoms with Crippen molar-refractivity contribution in [3.63, 3.8) is 0 Å². The Labute approximate surface area is 195 Å². The lowest BCUT2D eigenvalue weighted by Crippen LogP contribution is -2.05. The third kappa shape index (κ3) is 12.7. The minimum Gasteiger partial charge on any atom is -0.466 e. The van der Waals surface area contributed by atoms with Crippen molar-refractivity contribution in [2.24, 2.45) is 0 Å². The lowest BCUT2D eigenvalue weighted by Gasteiger charge is -2.09. The van der Waals surface area contributed by atoms with Crippen LogP contribution in [0.15, 0.2) is 12.1 Å². The van der Waals surface area contributed by atoms with Gasteiger partial charge in [-0.2, -0.15) is 0 Å². The number of halogens is 3. The molecule has 4 nitrogen and oxygen atoms in total. The average Bonchev–Trinajstić information content (AvgIpc) is 2.69. The highest BCUT2D eigenvalue weighted by molar-refractivity contribution is 6.39. The third-order valence-corrected chi connectivity index (χ3v) is 5.65. The molecule has 0 radical (unpaired) electrons. The highest BCUT2D eigenvalue weighted by Crippen LogP contribution is 2.29. The molecule has 0 aliphatic heterocycles. The van der Waals surface area contributed by atoms with E-state index in [2.05, 4.69) is 6.92 Å². The van der Waals surface area contributed by atoms with Crippen molar-refractivity contribution in [1.82, 2.24) is 0 Å². The Morgan fingerprint density at radius 1 is 0.733 bits per heavy atom. The molecule has 0 heterocycles. The van der Waals surface area contributed by atoms with Crippen LogP contribution in [-0.2, 0) is 25.7 Å². The van der Waals surface area contributed by atoms with Gasteiger partial charge in [0.15, 0.2) is 0 Å². The van der Waals surface area contributed by atoms with Crippen LogP contribution in [0.5, 0.6) is 0 Å². The number of carbonyl (C=O) groups excluding carboxylic acids is 2. The van der Waals surface area contributed by atoms with Crippen molar-refractivity contribution < 1.29 is 19.1 Å². The fraction of sp³-hybridized carbons (Fsp3) is 0.652. The normalized spacial score (nSPS) is 10.8. The molecule has 0 aromatic heterocycles. The van der Waals surface area contributed by atoms with Crippen molar-refractivity contribution >= 4 is 46.7 Å². The van der Waals surface area contributed by atoms with Gasteiger partial charge in [0.05, 0.1) is 16.7 Å². The molecular formula is C23H33Cl3O4. The van der Waals surface area contributed by atoms with E-state index in [-0.39, 0.29) is 18.5 Å². The van der Waals surface area contributed by atoms with Crippen LogP contribution >= 0.6 is 34.8 Å². The summed E-state index contributed by atoms with van der Waals surface area (Å²) in [5.74, 6) is -0.353. The molecule has 30 heavy (non-hydrogen) atoms. The molecule has 0 bridgehead atoms. The van der Waals surface area contributed by atoms with Crippen molar-refractivity contribution in [2.45, 2.75) is 90.6 Å². The Morgan fingerprint density at radius 3 is 1.80 bits per heavy atom. The molecular weight excluding hydrogens is 447 g/mol. The second-order valence-electron chi connectivity index (χ2n) is 7.41. The molecule has 0 atom stereocenters. The van der Waals surface area contributed by atoms with Crippen LogP contribution < -0.4 is 0 Å². The fourth-order valence-electron chi connectivity index (χ4n) is 2.97. The fourth-order valence-corrected chi connectivity index (χ4v) is 3.89. The van der Waals surface area contributed by atoms with Gasteiger partial charge in [-0.15, -0.1) is 0 Å². The highest BCUT2D eigenvalue weighted by Gasteiger charge is 2.11. The molecule has 0 saturated heterocycles. The summed E-state index contributed by atoms with van der Waals surface area (Å²) in [6.45, 7) is 2.75. The minimum atomic E-state index is -0.265. The first-order valence-electron chi connectivity index (χ1n) is 10.9. The van der Waals surface area contributed by atoms with E-state index in [0.29, 0.717) is 40.1 Å². The molecule has 1 rings (SSSR count). The number of rotatable bonds is 16. The van der Waals surface area contributed by atoms with Crippen LogP contribution in [0.1, 0.15) is 89.5 Å². The van der Waals surface area contributed by atoms with Crippen LogP contribution in [0, 0.1) is 0 Å². The second kappa shape index (κ2) is 16.7. The van der Waals surface area contributed by atoms with E-state index < -0.39 is 0 Å². The standard InChI is InChI=1S/C23H33Cl3O4/c1-2-3-4-11-14-29-22(27)12-9-7-5-6-8-10-13-23(28)30-17-19-20(25)15-18(24)16-21(19)26/h15-16H,2-14,17H2,1H3. The molecule has 7 heteroatoms. The molecule has 1 aromatic carbocycles. The lowest BCUT2D eigenvalue weighted by molar-refractivity contribution is -0.145. The number of ether oxygens (including phenoxy) is 2. The Hall–Kier alpha value is -0.970. The van der Waals surface area contributed by atoms with E-state index in [9.17, 15) is 9.59 Å². The van der Waals surface area contributed by atoms with Gasteiger partial charge in [-0.05, 0) is 31.4 Å².